The minimum absolute atomic E-state index is 0.00260. The average Bonchev–Trinajstić information content (AvgIpc) is 2.81. The van der Waals surface area contributed by atoms with E-state index in [4.69, 9.17) is 4.74 Å². The zero-order chi connectivity index (χ0) is 13.0. The summed E-state index contributed by atoms with van der Waals surface area (Å²) in [5.41, 5.74) is 0.893. The molecule has 96 valence electrons. The third kappa shape index (κ3) is 3.01. The van der Waals surface area contributed by atoms with E-state index in [0.717, 1.165) is 17.3 Å². The number of nitrogens with zero attached hydrogens (tertiary/aromatic N) is 4. The second-order valence-corrected chi connectivity index (χ2v) is 3.98. The van der Waals surface area contributed by atoms with Gasteiger partial charge in [0.15, 0.2) is 5.82 Å². The standard InChI is InChI=1S/C11H16N6O/c1-7-4-9(16-10(14-7)5-18-3)15-8(2)11-12-6-13-17-11/h4,6,8H,5H2,1-3H3,(H,12,13,17)(H,14,15,16). The number of rotatable bonds is 5. The third-order valence-electron chi connectivity index (χ3n) is 2.38. The van der Waals surface area contributed by atoms with Gasteiger partial charge in [0, 0.05) is 18.9 Å². The summed E-state index contributed by atoms with van der Waals surface area (Å²) in [4.78, 5) is 12.7. The molecule has 7 heteroatoms. The number of aryl methyl sites for hydroxylation is 1. The Bertz CT molecular complexity index is 498. The molecule has 0 aliphatic rings. The van der Waals surface area contributed by atoms with Gasteiger partial charge in [-0.1, -0.05) is 0 Å². The Labute approximate surface area is 105 Å². The van der Waals surface area contributed by atoms with Crippen molar-refractivity contribution in [2.75, 3.05) is 12.4 Å². The summed E-state index contributed by atoms with van der Waals surface area (Å²) >= 11 is 0. The van der Waals surface area contributed by atoms with Crippen molar-refractivity contribution in [1.82, 2.24) is 25.1 Å². The fourth-order valence-electron chi connectivity index (χ4n) is 1.61. The summed E-state index contributed by atoms with van der Waals surface area (Å²) in [6.07, 6.45) is 1.48. The van der Waals surface area contributed by atoms with Crippen LogP contribution in [0.1, 0.15) is 30.3 Å². The summed E-state index contributed by atoms with van der Waals surface area (Å²) in [6, 6.07) is 1.88. The summed E-state index contributed by atoms with van der Waals surface area (Å²) in [6.45, 7) is 4.30. The van der Waals surface area contributed by atoms with Crippen molar-refractivity contribution in [2.24, 2.45) is 0 Å². The van der Waals surface area contributed by atoms with Crippen molar-refractivity contribution in [2.45, 2.75) is 26.5 Å². The van der Waals surface area contributed by atoms with Gasteiger partial charge in [0.1, 0.15) is 24.6 Å². The number of aromatic nitrogens is 5. The molecule has 2 heterocycles. The molecule has 7 nitrogen and oxygen atoms in total. The summed E-state index contributed by atoms with van der Waals surface area (Å²) in [5, 5.41) is 9.88. The van der Waals surface area contributed by atoms with Crippen LogP contribution in [-0.4, -0.2) is 32.3 Å². The molecule has 2 rings (SSSR count). The van der Waals surface area contributed by atoms with Gasteiger partial charge in [0.05, 0.1) is 6.04 Å². The molecular weight excluding hydrogens is 232 g/mol. The van der Waals surface area contributed by atoms with Crippen molar-refractivity contribution in [3.05, 3.63) is 29.7 Å². The highest BCUT2D eigenvalue weighted by molar-refractivity contribution is 5.37. The predicted molar refractivity (Wildman–Crippen MR) is 65.9 cm³/mol. The molecular formula is C11H16N6O. The second kappa shape index (κ2) is 5.54. The molecule has 0 bridgehead atoms. The van der Waals surface area contributed by atoms with Crippen LogP contribution in [0.25, 0.3) is 0 Å². The van der Waals surface area contributed by atoms with Crippen molar-refractivity contribution < 1.29 is 4.74 Å². The van der Waals surface area contributed by atoms with Crippen LogP contribution in [0.2, 0.25) is 0 Å². The molecule has 0 aromatic carbocycles. The van der Waals surface area contributed by atoms with Crippen LogP contribution in [-0.2, 0) is 11.3 Å². The Kier molecular flexibility index (Phi) is 3.83. The zero-order valence-electron chi connectivity index (χ0n) is 10.6. The summed E-state index contributed by atoms with van der Waals surface area (Å²) in [7, 11) is 1.62. The average molecular weight is 248 g/mol. The van der Waals surface area contributed by atoms with Crippen LogP contribution in [0, 0.1) is 6.92 Å². The van der Waals surface area contributed by atoms with E-state index in [0.29, 0.717) is 12.4 Å². The molecule has 0 fully saturated rings. The van der Waals surface area contributed by atoms with Gasteiger partial charge in [0.2, 0.25) is 0 Å². The molecule has 0 radical (unpaired) electrons. The van der Waals surface area contributed by atoms with Gasteiger partial charge in [-0.3, -0.25) is 5.10 Å². The molecule has 2 N–H and O–H groups in total. The first kappa shape index (κ1) is 12.4. The van der Waals surface area contributed by atoms with Gasteiger partial charge in [-0.2, -0.15) is 5.10 Å². The molecule has 2 aromatic heterocycles. The first-order valence-corrected chi connectivity index (χ1v) is 5.64. The van der Waals surface area contributed by atoms with E-state index >= 15 is 0 Å². The molecule has 0 saturated heterocycles. The number of hydrogen-bond donors (Lipinski definition) is 2. The van der Waals surface area contributed by atoms with Gasteiger partial charge in [-0.15, -0.1) is 0 Å². The highest BCUT2D eigenvalue weighted by Crippen LogP contribution is 2.14. The van der Waals surface area contributed by atoms with E-state index in [-0.39, 0.29) is 6.04 Å². The lowest BCUT2D eigenvalue weighted by molar-refractivity contribution is 0.177. The Balaban J connectivity index is 2.13. The van der Waals surface area contributed by atoms with Crippen LogP contribution in [0.5, 0.6) is 0 Å². The first-order valence-electron chi connectivity index (χ1n) is 5.64. The quantitative estimate of drug-likeness (QED) is 0.827. The molecule has 0 saturated carbocycles. The zero-order valence-corrected chi connectivity index (χ0v) is 10.6. The first-order chi connectivity index (χ1) is 8.69. The van der Waals surface area contributed by atoms with Gasteiger partial charge < -0.3 is 10.1 Å². The molecule has 0 amide bonds. The smallest absolute Gasteiger partial charge is 0.156 e. The van der Waals surface area contributed by atoms with E-state index in [1.54, 1.807) is 7.11 Å². The van der Waals surface area contributed by atoms with E-state index in [1.165, 1.54) is 6.33 Å². The number of methoxy groups -OCH3 is 1. The maximum atomic E-state index is 5.03. The van der Waals surface area contributed by atoms with Gasteiger partial charge in [-0.05, 0) is 13.8 Å². The fourth-order valence-corrected chi connectivity index (χ4v) is 1.61. The molecule has 1 atom stereocenters. The minimum Gasteiger partial charge on any atom is -0.377 e. The van der Waals surface area contributed by atoms with Crippen LogP contribution >= 0.6 is 0 Å². The molecule has 0 spiro atoms. The van der Waals surface area contributed by atoms with Crippen molar-refractivity contribution in [3.63, 3.8) is 0 Å². The topological polar surface area (TPSA) is 88.6 Å². The number of hydrogen-bond acceptors (Lipinski definition) is 6. The maximum Gasteiger partial charge on any atom is 0.156 e. The highest BCUT2D eigenvalue weighted by atomic mass is 16.5. The second-order valence-electron chi connectivity index (χ2n) is 3.98. The van der Waals surface area contributed by atoms with E-state index in [2.05, 4.69) is 30.5 Å². The predicted octanol–water partition coefficient (Wildman–Crippen LogP) is 1.22. The Morgan fingerprint density at radius 2 is 2.28 bits per heavy atom. The largest absolute Gasteiger partial charge is 0.377 e. The maximum absolute atomic E-state index is 5.03. The normalized spacial score (nSPS) is 12.4. The summed E-state index contributed by atoms with van der Waals surface area (Å²) in [5.74, 6) is 2.17. The van der Waals surface area contributed by atoms with Crippen LogP contribution in [0.15, 0.2) is 12.4 Å². The molecule has 1 unspecified atom stereocenters. The lowest BCUT2D eigenvalue weighted by atomic mass is 10.3. The summed E-state index contributed by atoms with van der Waals surface area (Å²) < 4.78 is 5.03. The monoisotopic (exact) mass is 248 g/mol. The molecule has 18 heavy (non-hydrogen) atoms. The highest BCUT2D eigenvalue weighted by Gasteiger charge is 2.10. The number of anilines is 1. The van der Waals surface area contributed by atoms with Gasteiger partial charge >= 0.3 is 0 Å². The Morgan fingerprint density at radius 1 is 1.44 bits per heavy atom. The SMILES string of the molecule is COCc1nc(C)cc(NC(C)c2ncn[nH]2)n1. The molecule has 0 aliphatic heterocycles. The van der Waals surface area contributed by atoms with Crippen LogP contribution < -0.4 is 5.32 Å². The number of nitrogens with one attached hydrogen (secondary N) is 2. The van der Waals surface area contributed by atoms with Crippen molar-refractivity contribution >= 4 is 5.82 Å². The lowest BCUT2D eigenvalue weighted by Crippen LogP contribution is -2.11. The van der Waals surface area contributed by atoms with Crippen LogP contribution in [0.3, 0.4) is 0 Å². The van der Waals surface area contributed by atoms with Crippen molar-refractivity contribution in [3.8, 4) is 0 Å². The Hall–Kier alpha value is -2.02. The number of ether oxygens (including phenoxy) is 1. The Morgan fingerprint density at radius 3 is 2.94 bits per heavy atom. The fraction of sp³-hybridized carbons (Fsp3) is 0.455. The van der Waals surface area contributed by atoms with E-state index < -0.39 is 0 Å². The van der Waals surface area contributed by atoms with E-state index in [1.807, 2.05) is 19.9 Å². The van der Waals surface area contributed by atoms with Crippen molar-refractivity contribution in [1.29, 1.82) is 0 Å². The van der Waals surface area contributed by atoms with Crippen LogP contribution in [0.4, 0.5) is 5.82 Å². The third-order valence-corrected chi connectivity index (χ3v) is 2.38. The molecule has 2 aromatic rings. The van der Waals surface area contributed by atoms with Gasteiger partial charge in [-0.25, -0.2) is 15.0 Å². The van der Waals surface area contributed by atoms with Gasteiger partial charge in [0.25, 0.3) is 0 Å². The number of H-pyrrole nitrogens is 1. The minimum atomic E-state index is -0.00260. The molecule has 0 aliphatic carbocycles. The lowest BCUT2D eigenvalue weighted by Gasteiger charge is -2.12. The number of aromatic amines is 1. The van der Waals surface area contributed by atoms with E-state index in [9.17, 15) is 0 Å².